The van der Waals surface area contributed by atoms with E-state index in [1.165, 1.54) is 0 Å². The number of pyridine rings is 1. The topological polar surface area (TPSA) is 75.1 Å². The van der Waals surface area contributed by atoms with E-state index in [1.807, 2.05) is 79.0 Å². The zero-order valence-corrected chi connectivity index (χ0v) is 21.5. The van der Waals surface area contributed by atoms with Gasteiger partial charge in [0.1, 0.15) is 0 Å². The molecule has 0 unspecified atom stereocenters. The SMILES string of the molecule is O=C(CCN1C(=S)N[C@H](c2ccccn2)[C@@H]1c1cccn1-c1nc2ccccc2s1)Nc1ccccc1. The number of hydrogen-bond acceptors (Lipinski definition) is 5. The highest BCUT2D eigenvalue weighted by Gasteiger charge is 2.41. The number of aromatic nitrogens is 3. The number of hydrogen-bond donors (Lipinski definition) is 2. The van der Waals surface area contributed by atoms with E-state index in [9.17, 15) is 4.79 Å². The Labute approximate surface area is 223 Å². The third kappa shape index (κ3) is 4.71. The van der Waals surface area contributed by atoms with Gasteiger partial charge in [-0.2, -0.15) is 0 Å². The van der Waals surface area contributed by atoms with Crippen LogP contribution in [0.25, 0.3) is 15.3 Å². The van der Waals surface area contributed by atoms with Gasteiger partial charge in [-0.3, -0.25) is 14.3 Å². The number of para-hydroxylation sites is 2. The molecule has 0 saturated carbocycles. The molecule has 3 aromatic heterocycles. The fraction of sp³-hybridized carbons (Fsp3) is 0.143. The lowest BCUT2D eigenvalue weighted by atomic mass is 10.0. The fourth-order valence-electron chi connectivity index (χ4n) is 4.71. The Morgan fingerprint density at radius 2 is 1.81 bits per heavy atom. The maximum Gasteiger partial charge on any atom is 0.226 e. The van der Waals surface area contributed by atoms with Crippen molar-refractivity contribution in [2.75, 3.05) is 11.9 Å². The molecule has 2 aromatic carbocycles. The molecule has 0 spiro atoms. The van der Waals surface area contributed by atoms with Crippen molar-refractivity contribution in [3.63, 3.8) is 0 Å². The van der Waals surface area contributed by atoms with Gasteiger partial charge in [-0.1, -0.05) is 47.7 Å². The Morgan fingerprint density at radius 3 is 2.62 bits per heavy atom. The van der Waals surface area contributed by atoms with Gasteiger partial charge in [0.25, 0.3) is 0 Å². The number of nitrogens with zero attached hydrogens (tertiary/aromatic N) is 4. The first-order valence-electron chi connectivity index (χ1n) is 12.0. The number of nitrogens with one attached hydrogen (secondary N) is 2. The van der Waals surface area contributed by atoms with Crippen LogP contribution >= 0.6 is 23.6 Å². The Kier molecular flexibility index (Phi) is 6.38. The van der Waals surface area contributed by atoms with Crippen molar-refractivity contribution in [1.82, 2.24) is 24.8 Å². The molecule has 5 aromatic rings. The number of amides is 1. The molecule has 0 bridgehead atoms. The Hall–Kier alpha value is -4.08. The summed E-state index contributed by atoms with van der Waals surface area (Å²) in [5.41, 5.74) is 3.67. The molecule has 0 radical (unpaired) electrons. The van der Waals surface area contributed by atoms with Crippen LogP contribution in [0.5, 0.6) is 0 Å². The van der Waals surface area contributed by atoms with Crippen LogP contribution in [0.2, 0.25) is 0 Å². The molecule has 37 heavy (non-hydrogen) atoms. The number of anilines is 1. The lowest BCUT2D eigenvalue weighted by molar-refractivity contribution is -0.116. The normalized spacial score (nSPS) is 17.2. The van der Waals surface area contributed by atoms with E-state index in [2.05, 4.69) is 37.2 Å². The summed E-state index contributed by atoms with van der Waals surface area (Å²) in [7, 11) is 0. The van der Waals surface area contributed by atoms with Crippen LogP contribution in [0.3, 0.4) is 0 Å². The first-order valence-corrected chi connectivity index (χ1v) is 13.3. The predicted octanol–water partition coefficient (Wildman–Crippen LogP) is 5.48. The van der Waals surface area contributed by atoms with E-state index in [0.29, 0.717) is 18.1 Å². The zero-order chi connectivity index (χ0) is 25.2. The van der Waals surface area contributed by atoms with E-state index in [0.717, 1.165) is 32.4 Å². The molecule has 1 amide bonds. The summed E-state index contributed by atoms with van der Waals surface area (Å²) in [6, 6.07) is 27.3. The zero-order valence-electron chi connectivity index (χ0n) is 19.8. The number of fused-ring (bicyclic) bond motifs is 1. The molecule has 4 heterocycles. The minimum Gasteiger partial charge on any atom is -0.352 e. The van der Waals surface area contributed by atoms with Crippen molar-refractivity contribution >= 4 is 50.5 Å². The lowest BCUT2D eigenvalue weighted by Crippen LogP contribution is -2.33. The average Bonchev–Trinajstić information content (AvgIpc) is 3.65. The van der Waals surface area contributed by atoms with Crippen molar-refractivity contribution in [3.8, 4) is 5.13 Å². The molecule has 6 rings (SSSR count). The van der Waals surface area contributed by atoms with Crippen LogP contribution in [0, 0.1) is 0 Å². The molecule has 2 N–H and O–H groups in total. The van der Waals surface area contributed by atoms with Gasteiger partial charge in [-0.05, 0) is 60.7 Å². The summed E-state index contributed by atoms with van der Waals surface area (Å²) in [5, 5.41) is 7.93. The number of thiazole rings is 1. The number of benzene rings is 2. The van der Waals surface area contributed by atoms with Gasteiger partial charge in [0.2, 0.25) is 5.91 Å². The summed E-state index contributed by atoms with van der Waals surface area (Å²) >= 11 is 7.44. The summed E-state index contributed by atoms with van der Waals surface area (Å²) < 4.78 is 3.26. The third-order valence-corrected chi connectivity index (χ3v) is 7.80. The minimum absolute atomic E-state index is 0.0596. The van der Waals surface area contributed by atoms with E-state index in [-0.39, 0.29) is 18.0 Å². The Balaban J connectivity index is 1.33. The number of carbonyl (C=O) groups is 1. The van der Waals surface area contributed by atoms with Gasteiger partial charge in [-0.25, -0.2) is 4.98 Å². The second kappa shape index (κ2) is 10.1. The van der Waals surface area contributed by atoms with Gasteiger partial charge in [0.05, 0.1) is 33.7 Å². The van der Waals surface area contributed by atoms with E-state index < -0.39 is 0 Å². The quantitative estimate of drug-likeness (QED) is 0.275. The molecule has 7 nitrogen and oxygen atoms in total. The molecule has 2 atom stereocenters. The van der Waals surface area contributed by atoms with E-state index in [1.54, 1.807) is 17.5 Å². The van der Waals surface area contributed by atoms with E-state index >= 15 is 0 Å². The van der Waals surface area contributed by atoms with Crippen LogP contribution in [-0.4, -0.2) is 37.0 Å². The van der Waals surface area contributed by atoms with Gasteiger partial charge in [-0.15, -0.1) is 0 Å². The summed E-state index contributed by atoms with van der Waals surface area (Å²) in [5.74, 6) is -0.0596. The van der Waals surface area contributed by atoms with Crippen LogP contribution in [0.4, 0.5) is 5.69 Å². The van der Waals surface area contributed by atoms with Gasteiger partial charge in [0, 0.05) is 31.0 Å². The Morgan fingerprint density at radius 1 is 1.00 bits per heavy atom. The molecular formula is C28H24N6OS2. The minimum atomic E-state index is -0.172. The molecule has 9 heteroatoms. The highest BCUT2D eigenvalue weighted by Crippen LogP contribution is 2.40. The number of thiocarbonyl (C=S) groups is 1. The second-order valence-corrected chi connectivity index (χ2v) is 10.1. The second-order valence-electron chi connectivity index (χ2n) is 8.75. The van der Waals surface area contributed by atoms with Crippen LogP contribution in [-0.2, 0) is 4.79 Å². The lowest BCUT2D eigenvalue weighted by Gasteiger charge is -2.28. The smallest absolute Gasteiger partial charge is 0.226 e. The van der Waals surface area contributed by atoms with Crippen molar-refractivity contribution in [3.05, 3.63) is 109 Å². The summed E-state index contributed by atoms with van der Waals surface area (Å²) in [6.45, 7) is 0.462. The third-order valence-electron chi connectivity index (χ3n) is 6.41. The van der Waals surface area contributed by atoms with Crippen molar-refractivity contribution in [1.29, 1.82) is 0 Å². The molecular weight excluding hydrogens is 500 g/mol. The van der Waals surface area contributed by atoms with Gasteiger partial charge >= 0.3 is 0 Å². The van der Waals surface area contributed by atoms with E-state index in [4.69, 9.17) is 17.2 Å². The first kappa shape index (κ1) is 23.3. The number of carbonyl (C=O) groups excluding carboxylic acids is 1. The largest absolute Gasteiger partial charge is 0.352 e. The number of rotatable bonds is 7. The summed E-state index contributed by atoms with van der Waals surface area (Å²) in [6.07, 6.45) is 4.12. The van der Waals surface area contributed by atoms with Crippen molar-refractivity contribution < 1.29 is 4.79 Å². The summed E-state index contributed by atoms with van der Waals surface area (Å²) in [4.78, 5) is 24.4. The first-order chi connectivity index (χ1) is 18.2. The predicted molar refractivity (Wildman–Crippen MR) is 151 cm³/mol. The molecule has 0 aliphatic carbocycles. The van der Waals surface area contributed by atoms with Gasteiger partial charge in [0.15, 0.2) is 10.2 Å². The molecule has 1 aliphatic heterocycles. The maximum absolute atomic E-state index is 12.8. The van der Waals surface area contributed by atoms with Crippen LogP contribution in [0.1, 0.15) is 29.9 Å². The van der Waals surface area contributed by atoms with Crippen molar-refractivity contribution in [2.24, 2.45) is 0 Å². The molecule has 1 fully saturated rings. The molecule has 184 valence electrons. The highest BCUT2D eigenvalue weighted by atomic mass is 32.1. The van der Waals surface area contributed by atoms with Crippen LogP contribution < -0.4 is 10.6 Å². The molecule has 1 aliphatic rings. The maximum atomic E-state index is 12.8. The average molecular weight is 525 g/mol. The standard InChI is InChI=1S/C28H24N6OS2/c35-24(30-19-9-2-1-3-10-19)15-18-34-26(25(32-27(34)36)21-12-6-7-16-29-21)22-13-8-17-33(22)28-31-20-11-4-5-14-23(20)37-28/h1-14,16-17,25-26H,15,18H2,(H,30,35)(H,32,36)/t25-,26+/m1/s1. The molecule has 1 saturated heterocycles. The fourth-order valence-corrected chi connectivity index (χ4v) is 6.01. The monoisotopic (exact) mass is 524 g/mol. The highest BCUT2D eigenvalue weighted by molar-refractivity contribution is 7.80. The van der Waals surface area contributed by atoms with Crippen LogP contribution in [0.15, 0.2) is 97.3 Å². The Bertz CT molecular complexity index is 1520. The van der Waals surface area contributed by atoms with Gasteiger partial charge < -0.3 is 15.5 Å². The van der Waals surface area contributed by atoms with Crippen molar-refractivity contribution in [2.45, 2.75) is 18.5 Å².